The molecule has 5 rings (SSSR count). The Morgan fingerprint density at radius 3 is 1.07 bits per heavy atom. The lowest BCUT2D eigenvalue weighted by Gasteiger charge is -2.34. The Labute approximate surface area is 330 Å². The van der Waals surface area contributed by atoms with Crippen molar-refractivity contribution >= 4 is 23.9 Å². The van der Waals surface area contributed by atoms with Crippen molar-refractivity contribution in [3.8, 4) is 34.1 Å². The van der Waals surface area contributed by atoms with Crippen LogP contribution in [0.15, 0.2) is 136 Å². The summed E-state index contributed by atoms with van der Waals surface area (Å²) in [7, 11) is 0. The highest BCUT2D eigenvalue weighted by molar-refractivity contribution is 5.87. The van der Waals surface area contributed by atoms with Crippen LogP contribution in [0, 0.1) is 0 Å². The number of hydrogen-bond acceptors (Lipinski definition) is 12. The van der Waals surface area contributed by atoms with E-state index in [0.29, 0.717) is 23.0 Å². The largest absolute Gasteiger partial charge is 0.486 e. The minimum Gasteiger partial charge on any atom is -0.486 e. The van der Waals surface area contributed by atoms with E-state index in [0.717, 1.165) is 57.7 Å². The quantitative estimate of drug-likeness (QED) is 0.0329. The normalized spacial score (nSPS) is 11.7. The van der Waals surface area contributed by atoms with Crippen molar-refractivity contribution in [1.29, 1.82) is 0 Å². The molecule has 0 saturated carbocycles. The fourth-order valence-electron chi connectivity index (χ4n) is 6.38. The van der Waals surface area contributed by atoms with Crippen LogP contribution in [-0.4, -0.2) is 76.7 Å². The van der Waals surface area contributed by atoms with Crippen LogP contribution in [-0.2, 0) is 43.5 Å². The lowest BCUT2D eigenvalue weighted by molar-refractivity contribution is -0.139. The van der Waals surface area contributed by atoms with Gasteiger partial charge >= 0.3 is 23.9 Å². The Kier molecular flexibility index (Phi) is 14.4. The molecule has 0 fully saturated rings. The van der Waals surface area contributed by atoms with Crippen molar-refractivity contribution in [3.63, 3.8) is 0 Å². The van der Waals surface area contributed by atoms with E-state index in [-0.39, 0.29) is 52.9 Å². The molecule has 1 aliphatic rings. The molecule has 12 nitrogen and oxygen atoms in total. The molecule has 4 aromatic rings. The van der Waals surface area contributed by atoms with Gasteiger partial charge in [0.05, 0.1) is 5.41 Å². The number of carbonyl (C=O) groups excluding carboxylic acids is 4. The molecule has 0 unspecified atom stereocenters. The Hall–Kier alpha value is -7.08. The van der Waals surface area contributed by atoms with Crippen LogP contribution in [0.3, 0.4) is 0 Å². The molecule has 12 heteroatoms. The third-order valence-corrected chi connectivity index (χ3v) is 8.71. The van der Waals surface area contributed by atoms with Crippen molar-refractivity contribution in [1.82, 2.24) is 0 Å². The summed E-state index contributed by atoms with van der Waals surface area (Å²) in [6.45, 7) is 13.5. The smallest absolute Gasteiger partial charge is 0.330 e. The van der Waals surface area contributed by atoms with E-state index in [1.54, 1.807) is 12.1 Å². The number of ether oxygens (including phenoxy) is 8. The van der Waals surface area contributed by atoms with E-state index in [2.05, 4.69) is 50.6 Å². The van der Waals surface area contributed by atoms with Gasteiger partial charge in [0.25, 0.3) is 0 Å². The van der Waals surface area contributed by atoms with Crippen LogP contribution < -0.4 is 18.9 Å². The highest BCUT2D eigenvalue weighted by Crippen LogP contribution is 2.57. The number of carbonyl (C=O) groups is 4. The van der Waals surface area contributed by atoms with Crippen molar-refractivity contribution < 1.29 is 57.1 Å². The number of fused-ring (bicyclic) bond motifs is 3. The molecule has 294 valence electrons. The molecular weight excluding hydrogens is 732 g/mol. The molecule has 0 bridgehead atoms. The minimum absolute atomic E-state index is 0.00637. The summed E-state index contributed by atoms with van der Waals surface area (Å²) < 4.78 is 45.0. The summed E-state index contributed by atoms with van der Waals surface area (Å²) in [6, 6.07) is 27.3. The number of benzene rings is 4. The first-order valence-corrected chi connectivity index (χ1v) is 17.9. The molecule has 0 aromatic heterocycles. The highest BCUT2D eigenvalue weighted by Gasteiger charge is 2.46. The maximum Gasteiger partial charge on any atom is 0.330 e. The summed E-state index contributed by atoms with van der Waals surface area (Å²) in [5.41, 5.74) is 4.58. The molecule has 1 aliphatic carbocycles. The van der Waals surface area contributed by atoms with Gasteiger partial charge in [0.1, 0.15) is 52.9 Å². The summed E-state index contributed by atoms with van der Waals surface area (Å²) in [5, 5.41) is 0. The third-order valence-electron chi connectivity index (χ3n) is 8.71. The second-order valence-corrected chi connectivity index (χ2v) is 12.0. The zero-order valence-electron chi connectivity index (χ0n) is 31.3. The Morgan fingerprint density at radius 1 is 0.421 bits per heavy atom. The second-order valence-electron chi connectivity index (χ2n) is 12.0. The Morgan fingerprint density at radius 2 is 0.737 bits per heavy atom. The molecule has 57 heavy (non-hydrogen) atoms. The van der Waals surface area contributed by atoms with Gasteiger partial charge in [0.15, 0.2) is 23.0 Å². The van der Waals surface area contributed by atoms with Gasteiger partial charge in [0.2, 0.25) is 0 Å². The van der Waals surface area contributed by atoms with Crippen molar-refractivity contribution in [2.45, 2.75) is 5.41 Å². The standard InChI is InChI=1S/C45H42O12/c1-5-41(46)54-25-21-50-37-19-17-31(29-39(37)52-23-27-56-43(48)7-3)45(35-15-11-9-13-33(35)34-14-10-12-16-36(34)45)32-18-20-38(51-22-26-55-42(47)6-2)40(30-32)53-24-28-57-44(49)8-4/h5-20,29-30H,1-4,21-28H2. The zero-order valence-corrected chi connectivity index (χ0v) is 31.3. The van der Waals surface area contributed by atoms with Gasteiger partial charge in [-0.05, 0) is 57.6 Å². The van der Waals surface area contributed by atoms with E-state index >= 15 is 0 Å². The predicted octanol–water partition coefficient (Wildman–Crippen LogP) is 6.48. The lowest BCUT2D eigenvalue weighted by atomic mass is 9.67. The monoisotopic (exact) mass is 774 g/mol. The predicted molar refractivity (Wildman–Crippen MR) is 210 cm³/mol. The molecule has 0 radical (unpaired) electrons. The van der Waals surface area contributed by atoms with Crippen LogP contribution in [0.25, 0.3) is 11.1 Å². The first-order valence-electron chi connectivity index (χ1n) is 17.9. The van der Waals surface area contributed by atoms with E-state index in [1.165, 1.54) is 0 Å². The molecule has 0 aliphatic heterocycles. The van der Waals surface area contributed by atoms with Crippen molar-refractivity contribution in [2.75, 3.05) is 52.9 Å². The van der Waals surface area contributed by atoms with Crippen molar-refractivity contribution in [3.05, 3.63) is 158 Å². The summed E-state index contributed by atoms with van der Waals surface area (Å²) in [6.07, 6.45) is 4.27. The highest BCUT2D eigenvalue weighted by atomic mass is 16.6. The fraction of sp³-hybridized carbons (Fsp3) is 0.200. The van der Waals surface area contributed by atoms with Gasteiger partial charge in [0, 0.05) is 24.3 Å². The summed E-state index contributed by atoms with van der Waals surface area (Å²) >= 11 is 0. The van der Waals surface area contributed by atoms with Gasteiger partial charge < -0.3 is 37.9 Å². The second kappa shape index (κ2) is 20.0. The maximum absolute atomic E-state index is 11.8. The number of hydrogen-bond donors (Lipinski definition) is 0. The van der Waals surface area contributed by atoms with E-state index in [1.807, 2.05) is 48.5 Å². The molecule has 0 saturated heterocycles. The first-order chi connectivity index (χ1) is 27.8. The van der Waals surface area contributed by atoms with Gasteiger partial charge in [-0.3, -0.25) is 0 Å². The van der Waals surface area contributed by atoms with Crippen LogP contribution in [0.4, 0.5) is 0 Å². The van der Waals surface area contributed by atoms with E-state index in [9.17, 15) is 19.2 Å². The topological polar surface area (TPSA) is 142 Å². The minimum atomic E-state index is -0.968. The molecule has 0 N–H and O–H groups in total. The van der Waals surface area contributed by atoms with Crippen LogP contribution in [0.5, 0.6) is 23.0 Å². The van der Waals surface area contributed by atoms with Gasteiger partial charge in [-0.2, -0.15) is 0 Å². The Bertz CT molecular complexity index is 1980. The first kappa shape index (κ1) is 41.1. The zero-order chi connectivity index (χ0) is 40.6. The molecule has 0 heterocycles. The number of esters is 4. The molecule has 0 spiro atoms. The van der Waals surface area contributed by atoms with Crippen LogP contribution >= 0.6 is 0 Å². The van der Waals surface area contributed by atoms with Gasteiger partial charge in [-0.25, -0.2) is 19.2 Å². The maximum atomic E-state index is 11.8. The van der Waals surface area contributed by atoms with Gasteiger partial charge in [-0.1, -0.05) is 87.0 Å². The van der Waals surface area contributed by atoms with E-state index in [4.69, 9.17) is 37.9 Å². The fourth-order valence-corrected chi connectivity index (χ4v) is 6.38. The summed E-state index contributed by atoms with van der Waals surface area (Å²) in [5.74, 6) is -0.941. The van der Waals surface area contributed by atoms with Crippen molar-refractivity contribution in [2.24, 2.45) is 0 Å². The average Bonchev–Trinajstić information content (AvgIpc) is 3.55. The SMILES string of the molecule is C=CC(=O)OCCOc1ccc(C2(c3ccc(OCCOC(=O)C=C)c(OCCOC(=O)C=C)c3)c3ccccc3-c3ccccc32)cc1OCCOC(=O)C=C. The Balaban J connectivity index is 1.63. The molecule has 4 aromatic carbocycles. The average molecular weight is 775 g/mol. The van der Waals surface area contributed by atoms with E-state index < -0.39 is 29.3 Å². The third kappa shape index (κ3) is 9.78. The molecular formula is C45H42O12. The van der Waals surface area contributed by atoms with Gasteiger partial charge in [-0.15, -0.1) is 0 Å². The molecule has 0 amide bonds. The van der Waals surface area contributed by atoms with Crippen LogP contribution in [0.1, 0.15) is 22.3 Å². The number of rotatable bonds is 22. The lowest BCUT2D eigenvalue weighted by Crippen LogP contribution is -2.29. The summed E-state index contributed by atoms with van der Waals surface area (Å²) in [4.78, 5) is 46.8. The van der Waals surface area contributed by atoms with Crippen LogP contribution in [0.2, 0.25) is 0 Å². The molecule has 0 atom stereocenters.